The van der Waals surface area contributed by atoms with Crippen molar-refractivity contribution in [2.45, 2.75) is 6.92 Å². The van der Waals surface area contributed by atoms with E-state index in [0.717, 1.165) is 27.4 Å². The maximum absolute atomic E-state index is 4.32. The van der Waals surface area contributed by atoms with Gasteiger partial charge in [-0.2, -0.15) is 0 Å². The summed E-state index contributed by atoms with van der Waals surface area (Å²) >= 11 is 1.60. The zero-order valence-electron chi connectivity index (χ0n) is 11.3. The van der Waals surface area contributed by atoms with E-state index in [0.29, 0.717) is 0 Å². The van der Waals surface area contributed by atoms with Gasteiger partial charge in [0.25, 0.3) is 0 Å². The maximum Gasteiger partial charge on any atom is 0.124 e. The van der Waals surface area contributed by atoms with Crippen LogP contribution < -0.4 is 0 Å². The van der Waals surface area contributed by atoms with E-state index in [1.165, 1.54) is 0 Å². The minimum Gasteiger partial charge on any atom is -0.264 e. The molecule has 21 heavy (non-hydrogen) atoms. The van der Waals surface area contributed by atoms with Gasteiger partial charge in [-0.25, -0.2) is 4.98 Å². The predicted octanol–water partition coefficient (Wildman–Crippen LogP) is 3.73. The summed E-state index contributed by atoms with van der Waals surface area (Å²) in [6.07, 6.45) is 7.14. The van der Waals surface area contributed by atoms with Crippen LogP contribution in [0.2, 0.25) is 0 Å². The number of hydrogen-bond acceptors (Lipinski definition) is 4. The largest absolute Gasteiger partial charge is 0.264 e. The van der Waals surface area contributed by atoms with Crippen LogP contribution >= 0.6 is 23.7 Å². The zero-order valence-corrected chi connectivity index (χ0v) is 12.9. The highest BCUT2D eigenvalue weighted by Gasteiger charge is 1.99. The van der Waals surface area contributed by atoms with Gasteiger partial charge < -0.3 is 0 Å². The van der Waals surface area contributed by atoms with E-state index in [2.05, 4.69) is 26.8 Å². The van der Waals surface area contributed by atoms with E-state index in [1.807, 2.05) is 42.9 Å². The molecule has 3 heterocycles. The Labute approximate surface area is 133 Å². The molecule has 0 aliphatic carbocycles. The molecule has 3 rings (SSSR count). The highest BCUT2D eigenvalue weighted by molar-refractivity contribution is 7.09. The van der Waals surface area contributed by atoms with Crippen molar-refractivity contribution >= 4 is 23.7 Å². The summed E-state index contributed by atoms with van der Waals surface area (Å²) in [4.78, 5) is 12.7. The Morgan fingerprint density at radius 1 is 1.05 bits per heavy atom. The summed E-state index contributed by atoms with van der Waals surface area (Å²) in [7, 11) is 0. The molecule has 3 nitrogen and oxygen atoms in total. The number of pyridine rings is 2. The van der Waals surface area contributed by atoms with E-state index in [-0.39, 0.29) is 12.4 Å². The van der Waals surface area contributed by atoms with Crippen molar-refractivity contribution in [2.75, 3.05) is 0 Å². The Kier molecular flexibility index (Phi) is 5.04. The lowest BCUT2D eigenvalue weighted by Crippen LogP contribution is -1.84. The average molecular weight is 314 g/mol. The van der Waals surface area contributed by atoms with E-state index < -0.39 is 0 Å². The third-order valence-corrected chi connectivity index (χ3v) is 3.46. The first-order valence-electron chi connectivity index (χ1n) is 6.11. The molecule has 5 heteroatoms. The summed E-state index contributed by atoms with van der Waals surface area (Å²) in [5.41, 5.74) is 3.73. The van der Waals surface area contributed by atoms with Crippen LogP contribution in [0.5, 0.6) is 0 Å². The van der Waals surface area contributed by atoms with Gasteiger partial charge in [0.05, 0.1) is 5.01 Å². The first kappa shape index (κ1) is 15.2. The molecule has 3 aromatic rings. The lowest BCUT2D eigenvalue weighted by molar-refractivity contribution is 1.27. The molecule has 0 radical (unpaired) electrons. The van der Waals surface area contributed by atoms with E-state index in [9.17, 15) is 0 Å². The molecule has 3 aromatic heterocycles. The molecule has 0 aliphatic heterocycles. The quantitative estimate of drug-likeness (QED) is 0.643. The molecule has 0 saturated heterocycles. The fourth-order valence-electron chi connectivity index (χ4n) is 1.76. The second-order valence-corrected chi connectivity index (χ2v) is 5.27. The molecule has 0 fully saturated rings. The predicted molar refractivity (Wildman–Crippen MR) is 87.5 cm³/mol. The normalized spacial score (nSPS) is 9.38. The number of aryl methyl sites for hydroxylation is 1. The number of hydrogen-bond donors (Lipinski definition) is 0. The van der Waals surface area contributed by atoms with Gasteiger partial charge >= 0.3 is 0 Å². The maximum atomic E-state index is 4.32. The number of halogens is 1. The minimum atomic E-state index is 0. The highest BCUT2D eigenvalue weighted by Crippen LogP contribution is 2.17. The van der Waals surface area contributed by atoms with Crippen LogP contribution in [0.25, 0.3) is 11.1 Å². The number of thiazole rings is 1. The van der Waals surface area contributed by atoms with Crippen molar-refractivity contribution in [1.82, 2.24) is 15.0 Å². The Bertz CT molecular complexity index is 788. The fourth-order valence-corrected chi connectivity index (χ4v) is 2.30. The van der Waals surface area contributed by atoms with Gasteiger partial charge in [0.2, 0.25) is 0 Å². The monoisotopic (exact) mass is 313 g/mol. The van der Waals surface area contributed by atoms with Crippen molar-refractivity contribution in [3.63, 3.8) is 0 Å². The average Bonchev–Trinajstić information content (AvgIpc) is 2.92. The molecule has 0 aliphatic rings. The van der Waals surface area contributed by atoms with Crippen molar-refractivity contribution < 1.29 is 0 Å². The van der Waals surface area contributed by atoms with Gasteiger partial charge in [-0.15, -0.1) is 23.7 Å². The molecule has 0 unspecified atom stereocenters. The van der Waals surface area contributed by atoms with Crippen molar-refractivity contribution in [3.8, 4) is 23.0 Å². The van der Waals surface area contributed by atoms with Crippen LogP contribution in [0.4, 0.5) is 0 Å². The Hall–Kier alpha value is -2.22. The van der Waals surface area contributed by atoms with Crippen LogP contribution in [-0.4, -0.2) is 15.0 Å². The molecule has 0 spiro atoms. The first-order chi connectivity index (χ1) is 9.81. The van der Waals surface area contributed by atoms with Crippen molar-refractivity contribution in [1.29, 1.82) is 0 Å². The number of nitrogens with zero attached hydrogens (tertiary/aromatic N) is 3. The molecule has 0 aromatic carbocycles. The van der Waals surface area contributed by atoms with Crippen molar-refractivity contribution in [3.05, 3.63) is 64.6 Å². The first-order valence-corrected chi connectivity index (χ1v) is 6.99. The van der Waals surface area contributed by atoms with Crippen LogP contribution in [-0.2, 0) is 0 Å². The molecular weight excluding hydrogens is 302 g/mol. The second-order valence-electron chi connectivity index (χ2n) is 4.21. The van der Waals surface area contributed by atoms with Crippen LogP contribution in [0, 0.1) is 18.8 Å². The number of rotatable bonds is 1. The Balaban J connectivity index is 0.00000161. The van der Waals surface area contributed by atoms with E-state index in [4.69, 9.17) is 0 Å². The SMILES string of the molecule is Cc1nc(C#Cc2cncc(-c3cccnc3)c2)cs1.Cl. The van der Waals surface area contributed by atoms with Crippen LogP contribution in [0.3, 0.4) is 0 Å². The lowest BCUT2D eigenvalue weighted by Gasteiger charge is -2.00. The standard InChI is InChI=1S/C16H11N3S.ClH/c1-12-19-16(11-20-12)5-4-13-7-15(10-18-8-13)14-3-2-6-17-9-14;/h2-3,6-11H,1H3;1H. The summed E-state index contributed by atoms with van der Waals surface area (Å²) < 4.78 is 0. The summed E-state index contributed by atoms with van der Waals surface area (Å²) in [5, 5.41) is 2.98. The summed E-state index contributed by atoms with van der Waals surface area (Å²) in [6.45, 7) is 1.97. The molecule has 104 valence electrons. The van der Waals surface area contributed by atoms with Gasteiger partial charge in [0.15, 0.2) is 0 Å². The fraction of sp³-hybridized carbons (Fsp3) is 0.0625. The third kappa shape index (κ3) is 3.88. The molecular formula is C16H12ClN3S. The van der Waals surface area contributed by atoms with Gasteiger partial charge in [0, 0.05) is 46.9 Å². The van der Waals surface area contributed by atoms with Crippen molar-refractivity contribution in [2.24, 2.45) is 0 Å². The van der Waals surface area contributed by atoms with E-state index in [1.54, 1.807) is 23.7 Å². The van der Waals surface area contributed by atoms with Gasteiger partial charge in [-0.3, -0.25) is 9.97 Å². The van der Waals surface area contributed by atoms with E-state index >= 15 is 0 Å². The minimum absolute atomic E-state index is 0. The summed E-state index contributed by atoms with van der Waals surface area (Å²) in [5.74, 6) is 6.15. The zero-order chi connectivity index (χ0) is 13.8. The van der Waals surface area contributed by atoms with Crippen LogP contribution in [0.1, 0.15) is 16.3 Å². The van der Waals surface area contributed by atoms with Gasteiger partial charge in [-0.1, -0.05) is 12.0 Å². The molecule has 0 amide bonds. The molecule has 0 atom stereocenters. The smallest absolute Gasteiger partial charge is 0.124 e. The molecule has 0 saturated carbocycles. The molecule has 0 bridgehead atoms. The molecule has 0 N–H and O–H groups in total. The highest BCUT2D eigenvalue weighted by atomic mass is 35.5. The second kappa shape index (κ2) is 6.98. The lowest BCUT2D eigenvalue weighted by atomic mass is 10.1. The van der Waals surface area contributed by atoms with Gasteiger partial charge in [-0.05, 0) is 25.0 Å². The topological polar surface area (TPSA) is 38.7 Å². The third-order valence-electron chi connectivity index (χ3n) is 2.69. The van der Waals surface area contributed by atoms with Gasteiger partial charge in [0.1, 0.15) is 5.69 Å². The Morgan fingerprint density at radius 3 is 2.62 bits per heavy atom. The van der Waals surface area contributed by atoms with Crippen LogP contribution in [0.15, 0.2) is 48.4 Å². The Morgan fingerprint density at radius 2 is 1.90 bits per heavy atom. The number of aromatic nitrogens is 3. The summed E-state index contributed by atoms with van der Waals surface area (Å²) in [6, 6.07) is 5.92.